The maximum Gasteiger partial charge on any atom is 0.0457 e. The maximum atomic E-state index is 3.46. The summed E-state index contributed by atoms with van der Waals surface area (Å²) in [6.07, 6.45) is 4.83. The molecule has 2 heterocycles. The van der Waals surface area contributed by atoms with Gasteiger partial charge in [0.1, 0.15) is 0 Å². The number of hydrogen-bond donors (Lipinski definition) is 2. The molecule has 1 saturated heterocycles. The Balaban J connectivity index is 1.68. The summed E-state index contributed by atoms with van der Waals surface area (Å²) in [5, 5.41) is 4.78. The SMILES string of the molecule is c1cc2ccc([C@H](C3CC3)N3CCNCC3)cc2[nH]1. The van der Waals surface area contributed by atoms with Gasteiger partial charge in [0.15, 0.2) is 0 Å². The van der Waals surface area contributed by atoms with Gasteiger partial charge in [-0.25, -0.2) is 0 Å². The smallest absolute Gasteiger partial charge is 0.0457 e. The molecule has 1 aromatic heterocycles. The van der Waals surface area contributed by atoms with Gasteiger partial charge >= 0.3 is 0 Å². The Kier molecular flexibility index (Phi) is 2.82. The number of aromatic nitrogens is 1. The lowest BCUT2D eigenvalue weighted by Gasteiger charge is -2.35. The zero-order valence-electron chi connectivity index (χ0n) is 11.2. The highest BCUT2D eigenvalue weighted by molar-refractivity contribution is 5.80. The molecule has 2 aromatic rings. The third-order valence-electron chi connectivity index (χ3n) is 4.53. The lowest BCUT2D eigenvalue weighted by molar-refractivity contribution is 0.156. The van der Waals surface area contributed by atoms with E-state index < -0.39 is 0 Å². The van der Waals surface area contributed by atoms with Crippen molar-refractivity contribution in [1.82, 2.24) is 15.2 Å². The van der Waals surface area contributed by atoms with Gasteiger partial charge in [0, 0.05) is 43.9 Å². The predicted octanol–water partition coefficient (Wildman–Crippen LogP) is 2.52. The fourth-order valence-electron chi connectivity index (χ4n) is 3.40. The molecule has 4 rings (SSSR count). The van der Waals surface area contributed by atoms with Crippen LogP contribution in [-0.4, -0.2) is 36.1 Å². The van der Waals surface area contributed by atoms with E-state index in [1.807, 2.05) is 6.20 Å². The van der Waals surface area contributed by atoms with Gasteiger partial charge in [-0.05, 0) is 41.8 Å². The number of benzene rings is 1. The predicted molar refractivity (Wildman–Crippen MR) is 78.2 cm³/mol. The molecule has 19 heavy (non-hydrogen) atoms. The first kappa shape index (κ1) is 11.5. The molecule has 1 aromatic carbocycles. The second-order valence-corrected chi connectivity index (χ2v) is 5.89. The Morgan fingerprint density at radius 2 is 1.95 bits per heavy atom. The van der Waals surface area contributed by atoms with Gasteiger partial charge in [-0.15, -0.1) is 0 Å². The zero-order chi connectivity index (χ0) is 12.7. The van der Waals surface area contributed by atoms with Crippen LogP contribution >= 0.6 is 0 Å². The third-order valence-corrected chi connectivity index (χ3v) is 4.53. The average molecular weight is 255 g/mol. The average Bonchev–Trinajstić information content (AvgIpc) is 3.17. The molecule has 1 saturated carbocycles. The fraction of sp³-hybridized carbons (Fsp3) is 0.500. The Labute approximate surface area is 114 Å². The summed E-state index contributed by atoms with van der Waals surface area (Å²) in [6.45, 7) is 4.63. The van der Waals surface area contributed by atoms with Gasteiger partial charge in [-0.2, -0.15) is 0 Å². The van der Waals surface area contributed by atoms with E-state index in [4.69, 9.17) is 0 Å². The van der Waals surface area contributed by atoms with Crippen molar-refractivity contribution in [2.24, 2.45) is 5.92 Å². The highest BCUT2D eigenvalue weighted by atomic mass is 15.2. The van der Waals surface area contributed by atoms with Crippen molar-refractivity contribution in [3.63, 3.8) is 0 Å². The van der Waals surface area contributed by atoms with Crippen LogP contribution in [0.5, 0.6) is 0 Å². The molecule has 2 N–H and O–H groups in total. The van der Waals surface area contributed by atoms with Crippen molar-refractivity contribution in [3.05, 3.63) is 36.0 Å². The Morgan fingerprint density at radius 3 is 2.74 bits per heavy atom. The lowest BCUT2D eigenvalue weighted by atomic mass is 9.99. The number of aromatic amines is 1. The van der Waals surface area contributed by atoms with Gasteiger partial charge in [-0.3, -0.25) is 4.90 Å². The quantitative estimate of drug-likeness (QED) is 0.883. The first-order valence-corrected chi connectivity index (χ1v) is 7.43. The van der Waals surface area contributed by atoms with E-state index >= 15 is 0 Å². The van der Waals surface area contributed by atoms with Crippen LogP contribution in [0.2, 0.25) is 0 Å². The number of piperazine rings is 1. The van der Waals surface area contributed by atoms with Crippen molar-refractivity contribution in [2.45, 2.75) is 18.9 Å². The highest BCUT2D eigenvalue weighted by Gasteiger charge is 2.36. The summed E-state index contributed by atoms with van der Waals surface area (Å²) in [4.78, 5) is 6.03. The molecule has 0 spiro atoms. The van der Waals surface area contributed by atoms with Gasteiger partial charge < -0.3 is 10.3 Å². The van der Waals surface area contributed by atoms with Gasteiger partial charge in [0.2, 0.25) is 0 Å². The van der Waals surface area contributed by atoms with Crippen LogP contribution in [0, 0.1) is 5.92 Å². The van der Waals surface area contributed by atoms with Crippen molar-refractivity contribution < 1.29 is 0 Å². The molecule has 0 unspecified atom stereocenters. The van der Waals surface area contributed by atoms with E-state index in [0.717, 1.165) is 19.0 Å². The normalized spacial score (nSPS) is 22.7. The van der Waals surface area contributed by atoms with Crippen LogP contribution in [0.25, 0.3) is 10.9 Å². The molecule has 3 heteroatoms. The molecule has 1 aliphatic carbocycles. The van der Waals surface area contributed by atoms with E-state index in [1.54, 1.807) is 0 Å². The van der Waals surface area contributed by atoms with Crippen molar-refractivity contribution in [3.8, 4) is 0 Å². The van der Waals surface area contributed by atoms with Crippen LogP contribution in [0.4, 0.5) is 0 Å². The van der Waals surface area contributed by atoms with Crippen LogP contribution in [0.3, 0.4) is 0 Å². The molecule has 3 nitrogen and oxygen atoms in total. The second-order valence-electron chi connectivity index (χ2n) is 5.89. The molecule has 0 amide bonds. The molecule has 0 radical (unpaired) electrons. The minimum Gasteiger partial charge on any atom is -0.361 e. The van der Waals surface area contributed by atoms with Crippen LogP contribution in [0.1, 0.15) is 24.4 Å². The standard InChI is InChI=1S/C16H21N3/c1-4-14(11-15-12(1)5-6-18-15)16(13-2-3-13)19-9-7-17-8-10-19/h1,4-6,11,13,16-18H,2-3,7-10H2/t16-/m0/s1. The summed E-state index contributed by atoms with van der Waals surface area (Å²) in [5.74, 6) is 0.880. The van der Waals surface area contributed by atoms with E-state index in [-0.39, 0.29) is 0 Å². The Bertz CT molecular complexity index is 564. The van der Waals surface area contributed by atoms with Crippen LogP contribution in [0.15, 0.2) is 30.5 Å². The van der Waals surface area contributed by atoms with Gasteiger partial charge in [0.05, 0.1) is 0 Å². The summed E-state index contributed by atoms with van der Waals surface area (Å²) in [6, 6.07) is 9.74. The van der Waals surface area contributed by atoms with Crippen molar-refractivity contribution >= 4 is 10.9 Å². The maximum absolute atomic E-state index is 3.46. The lowest BCUT2D eigenvalue weighted by Crippen LogP contribution is -2.45. The second kappa shape index (κ2) is 4.66. The van der Waals surface area contributed by atoms with E-state index in [9.17, 15) is 0 Å². The molecular weight excluding hydrogens is 234 g/mol. The van der Waals surface area contributed by atoms with Crippen LogP contribution in [-0.2, 0) is 0 Å². The number of nitrogens with one attached hydrogen (secondary N) is 2. The largest absolute Gasteiger partial charge is 0.361 e. The summed E-state index contributed by atoms with van der Waals surface area (Å²) >= 11 is 0. The van der Waals surface area contributed by atoms with E-state index in [1.165, 1.54) is 42.4 Å². The van der Waals surface area contributed by atoms with E-state index in [2.05, 4.69) is 39.5 Å². The molecule has 2 aliphatic rings. The molecule has 1 atom stereocenters. The number of H-pyrrole nitrogens is 1. The molecule has 0 bridgehead atoms. The van der Waals surface area contributed by atoms with Crippen molar-refractivity contribution in [1.29, 1.82) is 0 Å². The fourth-order valence-corrected chi connectivity index (χ4v) is 3.40. The minimum atomic E-state index is 0.634. The molecule has 100 valence electrons. The van der Waals surface area contributed by atoms with Gasteiger partial charge in [-0.1, -0.05) is 12.1 Å². The first-order valence-electron chi connectivity index (χ1n) is 7.43. The Hall–Kier alpha value is -1.32. The summed E-state index contributed by atoms with van der Waals surface area (Å²) in [5.41, 5.74) is 2.78. The van der Waals surface area contributed by atoms with Gasteiger partial charge in [0.25, 0.3) is 0 Å². The van der Waals surface area contributed by atoms with Crippen LogP contribution < -0.4 is 5.32 Å². The zero-order valence-corrected chi connectivity index (χ0v) is 11.2. The minimum absolute atomic E-state index is 0.634. The first-order chi connectivity index (χ1) is 9.42. The highest BCUT2D eigenvalue weighted by Crippen LogP contribution is 2.45. The number of hydrogen-bond acceptors (Lipinski definition) is 2. The summed E-state index contributed by atoms with van der Waals surface area (Å²) < 4.78 is 0. The number of fused-ring (bicyclic) bond motifs is 1. The number of rotatable bonds is 3. The third kappa shape index (κ3) is 2.17. The molecule has 2 fully saturated rings. The monoisotopic (exact) mass is 255 g/mol. The molecular formula is C16H21N3. The summed E-state index contributed by atoms with van der Waals surface area (Å²) in [7, 11) is 0. The van der Waals surface area contributed by atoms with Crippen molar-refractivity contribution in [2.75, 3.05) is 26.2 Å². The Morgan fingerprint density at radius 1 is 1.11 bits per heavy atom. The van der Waals surface area contributed by atoms with E-state index in [0.29, 0.717) is 6.04 Å². The number of nitrogens with zero attached hydrogens (tertiary/aromatic N) is 1. The topological polar surface area (TPSA) is 31.1 Å². The molecule has 1 aliphatic heterocycles.